The minimum absolute atomic E-state index is 0.0935. The number of hydrogen-bond acceptors (Lipinski definition) is 4. The van der Waals surface area contributed by atoms with Crippen molar-refractivity contribution in [1.82, 2.24) is 9.88 Å². The first-order chi connectivity index (χ1) is 10.4. The number of aromatic nitrogens is 1. The Morgan fingerprint density at radius 3 is 3.00 bits per heavy atom. The zero-order valence-electron chi connectivity index (χ0n) is 13.1. The van der Waals surface area contributed by atoms with E-state index >= 15 is 0 Å². The molecule has 1 aromatic heterocycles. The molecule has 0 spiro atoms. The molecule has 0 aliphatic carbocycles. The van der Waals surface area contributed by atoms with Crippen LogP contribution in [0, 0.1) is 11.2 Å². The van der Waals surface area contributed by atoms with Crippen LogP contribution in [-0.2, 0) is 6.54 Å². The van der Waals surface area contributed by atoms with Gasteiger partial charge < -0.3 is 10.2 Å². The van der Waals surface area contributed by atoms with Gasteiger partial charge in [-0.05, 0) is 24.0 Å². The summed E-state index contributed by atoms with van der Waals surface area (Å²) in [5, 5.41) is 0. The molecule has 2 heterocycles. The van der Waals surface area contributed by atoms with Gasteiger partial charge in [0.15, 0.2) is 5.76 Å². The first-order valence-corrected chi connectivity index (χ1v) is 7.63. The summed E-state index contributed by atoms with van der Waals surface area (Å²) in [6, 6.07) is 6.58. The number of likely N-dealkylation sites (tertiary alicyclic amines) is 1. The predicted octanol–water partition coefficient (Wildman–Crippen LogP) is 3.04. The van der Waals surface area contributed by atoms with Crippen LogP contribution in [0.4, 0.5) is 4.39 Å². The second-order valence-electron chi connectivity index (χ2n) is 6.72. The molecule has 3 rings (SSSR count). The molecule has 22 heavy (non-hydrogen) atoms. The minimum Gasteiger partial charge on any atom is -0.439 e. The standard InChI is InChI=1S/C17H22FN3O/c1-17(2)11-21(7-6-15(17)19)10-16-20-9-14(22-16)12-4-3-5-13(18)8-12/h3-5,8-9,15H,6-7,10-11,19H2,1-2H3. The molecule has 1 fully saturated rings. The summed E-state index contributed by atoms with van der Waals surface area (Å²) < 4.78 is 19.0. The molecule has 1 aliphatic rings. The average molecular weight is 303 g/mol. The molecule has 1 atom stereocenters. The van der Waals surface area contributed by atoms with E-state index in [1.54, 1.807) is 12.3 Å². The molecular weight excluding hydrogens is 281 g/mol. The molecule has 118 valence electrons. The lowest BCUT2D eigenvalue weighted by molar-refractivity contribution is 0.0832. The van der Waals surface area contributed by atoms with Crippen LogP contribution in [0.2, 0.25) is 0 Å². The van der Waals surface area contributed by atoms with Crippen LogP contribution in [0.25, 0.3) is 11.3 Å². The maximum atomic E-state index is 13.3. The number of nitrogens with two attached hydrogens (primary N) is 1. The van der Waals surface area contributed by atoms with Gasteiger partial charge in [-0.3, -0.25) is 4.90 Å². The van der Waals surface area contributed by atoms with Gasteiger partial charge in [0.2, 0.25) is 5.89 Å². The Balaban J connectivity index is 1.70. The van der Waals surface area contributed by atoms with Crippen molar-refractivity contribution in [2.45, 2.75) is 32.9 Å². The molecule has 1 aliphatic heterocycles. The third-order valence-electron chi connectivity index (χ3n) is 4.41. The highest BCUT2D eigenvalue weighted by Crippen LogP contribution is 2.29. The van der Waals surface area contributed by atoms with Crippen molar-refractivity contribution in [2.24, 2.45) is 11.1 Å². The number of oxazole rings is 1. The molecule has 4 nitrogen and oxygen atoms in total. The minimum atomic E-state index is -0.276. The molecule has 0 saturated carbocycles. The molecule has 1 unspecified atom stereocenters. The fraction of sp³-hybridized carbons (Fsp3) is 0.471. The summed E-state index contributed by atoms with van der Waals surface area (Å²) >= 11 is 0. The quantitative estimate of drug-likeness (QED) is 0.947. The van der Waals surface area contributed by atoms with Crippen LogP contribution in [-0.4, -0.2) is 29.0 Å². The first-order valence-electron chi connectivity index (χ1n) is 7.63. The van der Waals surface area contributed by atoms with Crippen molar-refractivity contribution < 1.29 is 8.81 Å². The summed E-state index contributed by atoms with van der Waals surface area (Å²) in [5.74, 6) is 0.982. The number of benzene rings is 1. The van der Waals surface area contributed by atoms with Gasteiger partial charge in [0.05, 0.1) is 12.7 Å². The highest BCUT2D eigenvalue weighted by molar-refractivity contribution is 5.56. The number of hydrogen-bond donors (Lipinski definition) is 1. The van der Waals surface area contributed by atoms with Gasteiger partial charge in [0.25, 0.3) is 0 Å². The Kier molecular flexibility index (Phi) is 4.02. The maximum Gasteiger partial charge on any atom is 0.209 e. The van der Waals surface area contributed by atoms with E-state index < -0.39 is 0 Å². The molecular formula is C17H22FN3O. The Morgan fingerprint density at radius 1 is 1.45 bits per heavy atom. The van der Waals surface area contributed by atoms with Gasteiger partial charge in [-0.1, -0.05) is 26.0 Å². The monoisotopic (exact) mass is 303 g/mol. The number of nitrogens with zero attached hydrogens (tertiary/aromatic N) is 2. The van der Waals surface area contributed by atoms with Gasteiger partial charge in [0.1, 0.15) is 5.82 Å². The van der Waals surface area contributed by atoms with Gasteiger partial charge in [-0.15, -0.1) is 0 Å². The Hall–Kier alpha value is -1.72. The fourth-order valence-electron chi connectivity index (χ4n) is 2.97. The second kappa shape index (κ2) is 5.82. The summed E-state index contributed by atoms with van der Waals surface area (Å²) in [6.07, 6.45) is 2.63. The predicted molar refractivity (Wildman–Crippen MR) is 83.5 cm³/mol. The number of piperidine rings is 1. The van der Waals surface area contributed by atoms with Crippen LogP contribution in [0.3, 0.4) is 0 Å². The van der Waals surface area contributed by atoms with Gasteiger partial charge >= 0.3 is 0 Å². The van der Waals surface area contributed by atoms with Crippen LogP contribution < -0.4 is 5.73 Å². The van der Waals surface area contributed by atoms with E-state index in [9.17, 15) is 4.39 Å². The van der Waals surface area contributed by atoms with Crippen LogP contribution in [0.5, 0.6) is 0 Å². The van der Waals surface area contributed by atoms with Crippen molar-refractivity contribution in [3.05, 3.63) is 42.2 Å². The van der Waals surface area contributed by atoms with E-state index in [1.165, 1.54) is 12.1 Å². The van der Waals surface area contributed by atoms with Crippen molar-refractivity contribution in [3.63, 3.8) is 0 Å². The van der Waals surface area contributed by atoms with Crippen molar-refractivity contribution in [3.8, 4) is 11.3 Å². The lowest BCUT2D eigenvalue weighted by Crippen LogP contribution is -2.52. The molecule has 2 aromatic rings. The lowest BCUT2D eigenvalue weighted by atomic mass is 9.80. The maximum absolute atomic E-state index is 13.3. The summed E-state index contributed by atoms with van der Waals surface area (Å²) in [5.41, 5.74) is 6.96. The van der Waals surface area contributed by atoms with Gasteiger partial charge in [0, 0.05) is 24.7 Å². The number of rotatable bonds is 3. The smallest absolute Gasteiger partial charge is 0.209 e. The van der Waals surface area contributed by atoms with Crippen molar-refractivity contribution >= 4 is 0 Å². The van der Waals surface area contributed by atoms with E-state index in [-0.39, 0.29) is 17.3 Å². The topological polar surface area (TPSA) is 55.3 Å². The third kappa shape index (κ3) is 3.20. The highest BCUT2D eigenvalue weighted by Gasteiger charge is 2.33. The van der Waals surface area contributed by atoms with E-state index in [0.29, 0.717) is 23.8 Å². The Bertz CT molecular complexity index is 653. The van der Waals surface area contributed by atoms with Crippen LogP contribution in [0.1, 0.15) is 26.2 Å². The largest absolute Gasteiger partial charge is 0.439 e. The normalized spacial score (nSPS) is 21.9. The van der Waals surface area contributed by atoms with Crippen LogP contribution in [0.15, 0.2) is 34.9 Å². The Labute approximate surface area is 130 Å². The summed E-state index contributed by atoms with van der Waals surface area (Å²) in [7, 11) is 0. The van der Waals surface area contributed by atoms with E-state index in [0.717, 1.165) is 19.5 Å². The molecule has 1 aromatic carbocycles. The average Bonchev–Trinajstić information content (AvgIpc) is 2.91. The lowest BCUT2D eigenvalue weighted by Gasteiger charge is -2.42. The molecule has 5 heteroatoms. The summed E-state index contributed by atoms with van der Waals surface area (Å²) in [6.45, 7) is 6.91. The highest BCUT2D eigenvalue weighted by atomic mass is 19.1. The van der Waals surface area contributed by atoms with E-state index in [1.807, 2.05) is 6.07 Å². The van der Waals surface area contributed by atoms with Gasteiger partial charge in [-0.25, -0.2) is 9.37 Å². The fourth-order valence-corrected chi connectivity index (χ4v) is 2.97. The zero-order chi connectivity index (χ0) is 15.7. The summed E-state index contributed by atoms with van der Waals surface area (Å²) in [4.78, 5) is 6.63. The van der Waals surface area contributed by atoms with E-state index in [2.05, 4.69) is 23.7 Å². The van der Waals surface area contributed by atoms with Crippen molar-refractivity contribution in [2.75, 3.05) is 13.1 Å². The first kappa shape index (κ1) is 15.2. The van der Waals surface area contributed by atoms with E-state index in [4.69, 9.17) is 10.2 Å². The Morgan fingerprint density at radius 2 is 2.27 bits per heavy atom. The third-order valence-corrected chi connectivity index (χ3v) is 4.41. The SMILES string of the molecule is CC1(C)CN(Cc2ncc(-c3cccc(F)c3)o2)CCC1N. The molecule has 0 bridgehead atoms. The van der Waals surface area contributed by atoms with Crippen LogP contribution >= 0.6 is 0 Å². The molecule has 1 saturated heterocycles. The molecule has 0 amide bonds. The zero-order valence-corrected chi connectivity index (χ0v) is 13.1. The van der Waals surface area contributed by atoms with Crippen molar-refractivity contribution in [1.29, 1.82) is 0 Å². The number of halogens is 1. The second-order valence-corrected chi connectivity index (χ2v) is 6.72. The molecule has 2 N–H and O–H groups in total. The molecule has 0 radical (unpaired) electrons. The van der Waals surface area contributed by atoms with Gasteiger partial charge in [-0.2, -0.15) is 0 Å².